The maximum Gasteiger partial charge on any atom is -0.0230 e. The summed E-state index contributed by atoms with van der Waals surface area (Å²) in [5.74, 6) is 0. The second-order valence-corrected chi connectivity index (χ2v) is 7.04. The highest BCUT2D eigenvalue weighted by Gasteiger charge is 2.01. The number of hydrogen-bond donors (Lipinski definition) is 0. The Kier molecular flexibility index (Phi) is 8.38. The number of allylic oxidation sites excluding steroid dienone is 1. The Bertz CT molecular complexity index is 412. The van der Waals surface area contributed by atoms with E-state index in [1.165, 1.54) is 107 Å². The molecule has 2 bridgehead atoms. The van der Waals surface area contributed by atoms with Crippen molar-refractivity contribution in [3.05, 3.63) is 42.0 Å². The highest BCUT2D eigenvalue weighted by molar-refractivity contribution is 5.63. The zero-order valence-corrected chi connectivity index (χ0v) is 14.4. The number of hydrogen-bond acceptors (Lipinski definition) is 0. The molecule has 0 saturated heterocycles. The van der Waals surface area contributed by atoms with Crippen LogP contribution in [0.4, 0.5) is 0 Å². The maximum atomic E-state index is 4.29. The zero-order chi connectivity index (χ0) is 15.5. The van der Waals surface area contributed by atoms with Gasteiger partial charge in [-0.05, 0) is 42.4 Å². The summed E-state index contributed by atoms with van der Waals surface area (Å²) < 4.78 is 0. The van der Waals surface area contributed by atoms with Crippen LogP contribution in [0, 0.1) is 0 Å². The Morgan fingerprint density at radius 1 is 0.500 bits per heavy atom. The lowest BCUT2D eigenvalue weighted by molar-refractivity contribution is 0.542. The van der Waals surface area contributed by atoms with Crippen LogP contribution in [-0.4, -0.2) is 0 Å². The summed E-state index contributed by atoms with van der Waals surface area (Å²) in [5.41, 5.74) is 4.17. The molecule has 0 N–H and O–H groups in total. The third-order valence-corrected chi connectivity index (χ3v) is 5.06. The van der Waals surface area contributed by atoms with E-state index in [9.17, 15) is 0 Å². The third-order valence-electron chi connectivity index (χ3n) is 5.06. The molecule has 0 aromatic heterocycles. The van der Waals surface area contributed by atoms with Gasteiger partial charge in [0, 0.05) is 0 Å². The first kappa shape index (κ1) is 17.3. The summed E-state index contributed by atoms with van der Waals surface area (Å²) in [4.78, 5) is 0. The van der Waals surface area contributed by atoms with Crippen LogP contribution in [0.15, 0.2) is 30.8 Å². The summed E-state index contributed by atoms with van der Waals surface area (Å²) in [6.07, 6.45) is 19.4. The van der Waals surface area contributed by atoms with Crippen molar-refractivity contribution in [2.45, 2.75) is 89.9 Å². The standard InChI is InChI=1S/C22H34/c1-20-14-12-10-8-6-4-2-3-5-7-9-11-13-15-21-16-18-22(20)19-17-21/h16-19H,1-15H2. The Morgan fingerprint density at radius 3 is 1.41 bits per heavy atom. The molecule has 22 heavy (non-hydrogen) atoms. The highest BCUT2D eigenvalue weighted by Crippen LogP contribution is 2.21. The molecule has 0 unspecified atom stereocenters. The van der Waals surface area contributed by atoms with Crippen LogP contribution in [0.3, 0.4) is 0 Å². The molecule has 3 rings (SSSR count). The molecular weight excluding hydrogens is 264 g/mol. The Balaban J connectivity index is 1.83. The van der Waals surface area contributed by atoms with E-state index in [0.717, 1.165) is 0 Å². The van der Waals surface area contributed by atoms with Gasteiger partial charge in [0.05, 0.1) is 0 Å². The van der Waals surface area contributed by atoms with Crippen molar-refractivity contribution in [2.75, 3.05) is 0 Å². The first-order valence-electron chi connectivity index (χ1n) is 9.63. The fourth-order valence-corrected chi connectivity index (χ4v) is 3.49. The molecule has 0 radical (unpaired) electrons. The highest BCUT2D eigenvalue weighted by atomic mass is 14.1. The van der Waals surface area contributed by atoms with Crippen molar-refractivity contribution in [3.63, 3.8) is 0 Å². The van der Waals surface area contributed by atoms with Crippen LogP contribution in [0.2, 0.25) is 0 Å². The van der Waals surface area contributed by atoms with Crippen LogP contribution < -0.4 is 0 Å². The number of aryl methyl sites for hydroxylation is 1. The van der Waals surface area contributed by atoms with Crippen molar-refractivity contribution in [1.29, 1.82) is 0 Å². The van der Waals surface area contributed by atoms with Crippen molar-refractivity contribution >= 4 is 5.57 Å². The fraction of sp³-hybridized carbons (Fsp3) is 0.636. The third kappa shape index (κ3) is 6.81. The maximum absolute atomic E-state index is 4.29. The Labute approximate surface area is 138 Å². The summed E-state index contributed by atoms with van der Waals surface area (Å²) in [6.45, 7) is 4.29. The molecule has 0 spiro atoms. The summed E-state index contributed by atoms with van der Waals surface area (Å²) in [7, 11) is 0. The number of fused-ring (bicyclic) bond motifs is 16. The van der Waals surface area contributed by atoms with E-state index in [0.29, 0.717) is 0 Å². The molecule has 0 fully saturated rings. The predicted molar refractivity (Wildman–Crippen MR) is 99.2 cm³/mol. The molecule has 0 heterocycles. The largest absolute Gasteiger partial charge is 0.0952 e. The monoisotopic (exact) mass is 298 g/mol. The molecule has 122 valence electrons. The van der Waals surface area contributed by atoms with Gasteiger partial charge in [0.1, 0.15) is 0 Å². The van der Waals surface area contributed by atoms with Gasteiger partial charge in [-0.3, -0.25) is 0 Å². The van der Waals surface area contributed by atoms with E-state index in [1.54, 1.807) is 0 Å². The lowest BCUT2D eigenvalue weighted by Crippen LogP contribution is -1.89. The van der Waals surface area contributed by atoms with Crippen LogP contribution in [0.5, 0.6) is 0 Å². The molecule has 0 heteroatoms. The van der Waals surface area contributed by atoms with Crippen LogP contribution in [0.25, 0.3) is 5.57 Å². The van der Waals surface area contributed by atoms with Gasteiger partial charge in [-0.1, -0.05) is 95.1 Å². The molecule has 1 aromatic carbocycles. The summed E-state index contributed by atoms with van der Waals surface area (Å²) in [5, 5.41) is 0. The molecule has 1 aromatic rings. The van der Waals surface area contributed by atoms with Crippen molar-refractivity contribution < 1.29 is 0 Å². The van der Waals surface area contributed by atoms with E-state index in [1.807, 2.05) is 0 Å². The van der Waals surface area contributed by atoms with Gasteiger partial charge in [-0.25, -0.2) is 0 Å². The van der Waals surface area contributed by atoms with Crippen LogP contribution in [-0.2, 0) is 6.42 Å². The minimum atomic E-state index is 1.17. The predicted octanol–water partition coefficient (Wildman–Crippen LogP) is 7.33. The number of rotatable bonds is 0. The molecule has 2 aliphatic rings. The minimum absolute atomic E-state index is 1.17. The molecule has 0 nitrogen and oxygen atoms in total. The topological polar surface area (TPSA) is 0 Å². The zero-order valence-electron chi connectivity index (χ0n) is 14.4. The van der Waals surface area contributed by atoms with Gasteiger partial charge >= 0.3 is 0 Å². The minimum Gasteiger partial charge on any atom is -0.0952 e. The van der Waals surface area contributed by atoms with Crippen molar-refractivity contribution in [1.82, 2.24) is 0 Å². The Hall–Kier alpha value is -1.04. The molecule has 0 amide bonds. The quantitative estimate of drug-likeness (QED) is 0.470. The summed E-state index contributed by atoms with van der Waals surface area (Å²) >= 11 is 0. The van der Waals surface area contributed by atoms with Gasteiger partial charge in [0.2, 0.25) is 0 Å². The van der Waals surface area contributed by atoms with E-state index in [2.05, 4.69) is 30.8 Å². The van der Waals surface area contributed by atoms with Gasteiger partial charge < -0.3 is 0 Å². The fourth-order valence-electron chi connectivity index (χ4n) is 3.49. The molecule has 0 atom stereocenters. The van der Waals surface area contributed by atoms with Gasteiger partial charge in [0.15, 0.2) is 0 Å². The van der Waals surface area contributed by atoms with Crippen LogP contribution >= 0.6 is 0 Å². The van der Waals surface area contributed by atoms with E-state index >= 15 is 0 Å². The first-order valence-corrected chi connectivity index (χ1v) is 9.63. The molecule has 0 aliphatic heterocycles. The van der Waals surface area contributed by atoms with E-state index < -0.39 is 0 Å². The average Bonchev–Trinajstić information content (AvgIpc) is 2.55. The molecule has 0 saturated carbocycles. The SMILES string of the molecule is C=C1CCCCCCCCCCCCCCc2ccc1cc2. The lowest BCUT2D eigenvalue weighted by Gasteiger charge is -2.08. The average molecular weight is 299 g/mol. The molecular formula is C22H34. The van der Waals surface area contributed by atoms with Gasteiger partial charge in [-0.2, -0.15) is 0 Å². The first-order chi connectivity index (χ1) is 10.9. The molecule has 2 aliphatic carbocycles. The van der Waals surface area contributed by atoms with E-state index in [4.69, 9.17) is 0 Å². The van der Waals surface area contributed by atoms with Crippen LogP contribution in [0.1, 0.15) is 94.6 Å². The summed E-state index contributed by atoms with van der Waals surface area (Å²) in [6, 6.07) is 9.20. The van der Waals surface area contributed by atoms with Crippen molar-refractivity contribution in [2.24, 2.45) is 0 Å². The number of benzene rings is 1. The van der Waals surface area contributed by atoms with Gasteiger partial charge in [0.25, 0.3) is 0 Å². The normalized spacial score (nSPS) is 20.1. The second kappa shape index (κ2) is 10.6. The Morgan fingerprint density at radius 2 is 0.909 bits per heavy atom. The van der Waals surface area contributed by atoms with Crippen molar-refractivity contribution in [3.8, 4) is 0 Å². The second-order valence-electron chi connectivity index (χ2n) is 7.04. The van der Waals surface area contributed by atoms with Gasteiger partial charge in [-0.15, -0.1) is 0 Å². The lowest BCUT2D eigenvalue weighted by atomic mass is 9.98. The van der Waals surface area contributed by atoms with E-state index in [-0.39, 0.29) is 0 Å². The smallest absolute Gasteiger partial charge is 0.0230 e.